The summed E-state index contributed by atoms with van der Waals surface area (Å²) in [7, 11) is 0. The van der Waals surface area contributed by atoms with E-state index in [0.717, 1.165) is 16.5 Å². The van der Waals surface area contributed by atoms with Crippen molar-refractivity contribution in [2.45, 2.75) is 39.7 Å². The van der Waals surface area contributed by atoms with Crippen molar-refractivity contribution in [3.05, 3.63) is 40.9 Å². The van der Waals surface area contributed by atoms with Crippen molar-refractivity contribution in [1.29, 1.82) is 0 Å². The van der Waals surface area contributed by atoms with Gasteiger partial charge < -0.3 is 10.1 Å². The van der Waals surface area contributed by atoms with Crippen molar-refractivity contribution in [3.63, 3.8) is 0 Å². The van der Waals surface area contributed by atoms with Crippen LogP contribution in [0.3, 0.4) is 0 Å². The highest BCUT2D eigenvalue weighted by atomic mass is 32.1. The fourth-order valence-electron chi connectivity index (χ4n) is 2.84. The molecule has 1 aromatic carbocycles. The molecule has 0 aliphatic carbocycles. The van der Waals surface area contributed by atoms with Crippen LogP contribution in [0, 0.1) is 18.8 Å². The van der Waals surface area contributed by atoms with Gasteiger partial charge >= 0.3 is 5.97 Å². The van der Waals surface area contributed by atoms with Crippen molar-refractivity contribution < 1.29 is 9.53 Å². The Kier molecular flexibility index (Phi) is 4.15. The van der Waals surface area contributed by atoms with Gasteiger partial charge in [0.25, 0.3) is 0 Å². The van der Waals surface area contributed by atoms with E-state index in [9.17, 15) is 4.79 Å². The lowest BCUT2D eigenvalue weighted by Crippen LogP contribution is -2.21. The molecule has 5 heteroatoms. The highest BCUT2D eigenvalue weighted by molar-refractivity contribution is 7.13. The number of nitrogens with one attached hydrogen (secondary N) is 1. The summed E-state index contributed by atoms with van der Waals surface area (Å²) in [6.45, 7) is 8.13. The molecular formula is C18H22N2O2S. The maximum Gasteiger partial charge on any atom is 0.310 e. The predicted molar refractivity (Wildman–Crippen MR) is 93.0 cm³/mol. The molecule has 1 fully saturated rings. The van der Waals surface area contributed by atoms with Gasteiger partial charge in [-0.15, -0.1) is 11.3 Å². The number of nitrogens with zero attached hydrogens (tertiary/aromatic N) is 1. The average Bonchev–Trinajstić information content (AvgIpc) is 3.07. The maximum atomic E-state index is 12.1. The first-order valence-electron chi connectivity index (χ1n) is 7.90. The van der Waals surface area contributed by atoms with Crippen LogP contribution in [0.25, 0.3) is 0 Å². The molecule has 3 rings (SSSR count). The lowest BCUT2D eigenvalue weighted by molar-refractivity contribution is -0.151. The molecule has 2 heterocycles. The van der Waals surface area contributed by atoms with Crippen LogP contribution in [0.1, 0.15) is 38.4 Å². The molecule has 0 radical (unpaired) electrons. The normalized spacial score (nSPS) is 24.0. The van der Waals surface area contributed by atoms with Crippen LogP contribution in [-0.2, 0) is 15.1 Å². The first-order valence-corrected chi connectivity index (χ1v) is 8.78. The number of cyclic esters (lactones) is 1. The van der Waals surface area contributed by atoms with Gasteiger partial charge in [-0.05, 0) is 31.9 Å². The Bertz CT molecular complexity index is 708. The Morgan fingerprint density at radius 1 is 1.35 bits per heavy atom. The number of esters is 1. The Labute approximate surface area is 140 Å². The van der Waals surface area contributed by atoms with Crippen molar-refractivity contribution in [3.8, 4) is 0 Å². The highest BCUT2D eigenvalue weighted by Gasteiger charge is 2.47. The second kappa shape index (κ2) is 5.96. The third-order valence-corrected chi connectivity index (χ3v) is 5.15. The average molecular weight is 330 g/mol. The van der Waals surface area contributed by atoms with Crippen LogP contribution in [0.5, 0.6) is 0 Å². The SMILES string of the molecule is Cc1ccc(Nc2nc([C@]3(C)C[C@H](C(C)C)C(=O)O3)cs2)cc1. The van der Waals surface area contributed by atoms with Crippen LogP contribution in [0.2, 0.25) is 0 Å². The molecule has 0 saturated carbocycles. The smallest absolute Gasteiger partial charge is 0.310 e. The second-order valence-corrected chi connectivity index (χ2v) is 7.59. The van der Waals surface area contributed by atoms with Crippen LogP contribution in [0.15, 0.2) is 29.6 Å². The summed E-state index contributed by atoms with van der Waals surface area (Å²) in [5.41, 5.74) is 2.44. The molecule has 23 heavy (non-hydrogen) atoms. The van der Waals surface area contributed by atoms with Gasteiger partial charge in [0.1, 0.15) is 0 Å². The molecule has 1 aliphatic heterocycles. The summed E-state index contributed by atoms with van der Waals surface area (Å²) in [4.78, 5) is 16.7. The lowest BCUT2D eigenvalue weighted by Gasteiger charge is -2.20. The summed E-state index contributed by atoms with van der Waals surface area (Å²) < 4.78 is 5.67. The number of anilines is 2. The summed E-state index contributed by atoms with van der Waals surface area (Å²) in [5.74, 6) is 0.131. The third kappa shape index (κ3) is 3.24. The number of hydrogen-bond donors (Lipinski definition) is 1. The first kappa shape index (κ1) is 16.0. The van der Waals surface area contributed by atoms with Crippen LogP contribution >= 0.6 is 11.3 Å². The van der Waals surface area contributed by atoms with Gasteiger partial charge in [-0.3, -0.25) is 4.79 Å². The zero-order valence-corrected chi connectivity index (χ0v) is 14.7. The van der Waals surface area contributed by atoms with Crippen molar-refractivity contribution in [2.75, 3.05) is 5.32 Å². The Morgan fingerprint density at radius 3 is 2.65 bits per heavy atom. The minimum atomic E-state index is -0.615. The number of carbonyl (C=O) groups is 1. The summed E-state index contributed by atoms with van der Waals surface area (Å²) in [6.07, 6.45) is 0.692. The van der Waals surface area contributed by atoms with Gasteiger partial charge in [0.2, 0.25) is 0 Å². The van der Waals surface area contributed by atoms with Crippen LogP contribution < -0.4 is 5.32 Å². The molecule has 1 N–H and O–H groups in total. The van der Waals surface area contributed by atoms with E-state index < -0.39 is 5.60 Å². The van der Waals surface area contributed by atoms with Crippen LogP contribution in [0.4, 0.5) is 10.8 Å². The summed E-state index contributed by atoms with van der Waals surface area (Å²) in [6, 6.07) is 8.18. The van der Waals surface area contributed by atoms with E-state index in [2.05, 4.69) is 43.2 Å². The van der Waals surface area contributed by atoms with E-state index in [4.69, 9.17) is 4.74 Å². The third-order valence-electron chi connectivity index (χ3n) is 4.39. The minimum Gasteiger partial charge on any atom is -0.453 e. The molecule has 4 nitrogen and oxygen atoms in total. The maximum absolute atomic E-state index is 12.1. The zero-order chi connectivity index (χ0) is 16.6. The molecule has 1 aliphatic rings. The van der Waals surface area contributed by atoms with Crippen LogP contribution in [-0.4, -0.2) is 11.0 Å². The Balaban J connectivity index is 1.76. The molecule has 0 unspecified atom stereocenters. The number of benzene rings is 1. The molecule has 1 saturated heterocycles. The minimum absolute atomic E-state index is 0.0461. The molecular weight excluding hydrogens is 308 g/mol. The first-order chi connectivity index (χ1) is 10.9. The number of aromatic nitrogens is 1. The Morgan fingerprint density at radius 2 is 2.04 bits per heavy atom. The predicted octanol–water partition coefficient (Wildman–Crippen LogP) is 4.63. The number of aryl methyl sites for hydroxylation is 1. The number of thiazole rings is 1. The lowest BCUT2D eigenvalue weighted by atomic mass is 9.87. The molecule has 0 spiro atoms. The molecule has 0 bridgehead atoms. The topological polar surface area (TPSA) is 51.2 Å². The number of carbonyl (C=O) groups excluding carboxylic acids is 1. The summed E-state index contributed by atoms with van der Waals surface area (Å²) >= 11 is 1.53. The molecule has 1 aromatic heterocycles. The molecule has 2 aromatic rings. The quantitative estimate of drug-likeness (QED) is 0.831. The number of ether oxygens (including phenoxy) is 1. The molecule has 122 valence electrons. The van der Waals surface area contributed by atoms with Gasteiger partial charge in [0, 0.05) is 17.5 Å². The fraction of sp³-hybridized carbons (Fsp3) is 0.444. The highest BCUT2D eigenvalue weighted by Crippen LogP contribution is 2.43. The van der Waals surface area contributed by atoms with Gasteiger partial charge in [0.15, 0.2) is 10.7 Å². The second-order valence-electron chi connectivity index (χ2n) is 6.74. The van der Waals surface area contributed by atoms with Gasteiger partial charge in [-0.25, -0.2) is 4.98 Å². The van der Waals surface area contributed by atoms with Crippen molar-refractivity contribution >= 4 is 28.1 Å². The van der Waals surface area contributed by atoms with Gasteiger partial charge in [-0.1, -0.05) is 31.5 Å². The number of rotatable bonds is 4. The van der Waals surface area contributed by atoms with E-state index in [1.54, 1.807) is 0 Å². The van der Waals surface area contributed by atoms with E-state index >= 15 is 0 Å². The molecule has 0 amide bonds. The largest absolute Gasteiger partial charge is 0.453 e. The van der Waals surface area contributed by atoms with Crippen molar-refractivity contribution in [2.24, 2.45) is 11.8 Å². The Hall–Kier alpha value is -1.88. The van der Waals surface area contributed by atoms with Crippen molar-refractivity contribution in [1.82, 2.24) is 4.98 Å². The van der Waals surface area contributed by atoms with E-state index in [0.29, 0.717) is 6.42 Å². The molecule has 2 atom stereocenters. The van der Waals surface area contributed by atoms with E-state index in [1.165, 1.54) is 16.9 Å². The zero-order valence-electron chi connectivity index (χ0n) is 13.9. The number of hydrogen-bond acceptors (Lipinski definition) is 5. The van der Waals surface area contributed by atoms with E-state index in [-0.39, 0.29) is 17.8 Å². The van der Waals surface area contributed by atoms with Gasteiger partial charge in [0.05, 0.1) is 11.6 Å². The van der Waals surface area contributed by atoms with E-state index in [1.807, 2.05) is 24.4 Å². The van der Waals surface area contributed by atoms with Gasteiger partial charge in [-0.2, -0.15) is 0 Å². The standard InChI is InChI=1S/C18H22N2O2S/c1-11(2)14-9-18(4,22-16(14)21)15-10-23-17(20-15)19-13-7-5-12(3)6-8-13/h5-8,10-11,14H,9H2,1-4H3,(H,19,20)/t14-,18+/m1/s1. The fourth-order valence-corrected chi connectivity index (χ4v) is 3.69. The summed E-state index contributed by atoms with van der Waals surface area (Å²) in [5, 5.41) is 6.10. The monoisotopic (exact) mass is 330 g/mol.